The molecule has 0 amide bonds. The van der Waals surface area contributed by atoms with Crippen LogP contribution in [0.3, 0.4) is 0 Å². The summed E-state index contributed by atoms with van der Waals surface area (Å²) < 4.78 is 26.8. The van der Waals surface area contributed by atoms with Gasteiger partial charge in [0.1, 0.15) is 0 Å². The van der Waals surface area contributed by atoms with Crippen LogP contribution in [0.15, 0.2) is 46.3 Å². The number of thiophene rings is 1. The fourth-order valence-electron chi connectivity index (χ4n) is 3.23. The van der Waals surface area contributed by atoms with Crippen LogP contribution in [0.2, 0.25) is 0 Å². The number of aliphatic imine (C=N–C) groups is 1. The van der Waals surface area contributed by atoms with E-state index in [0.717, 1.165) is 43.9 Å². The van der Waals surface area contributed by atoms with E-state index in [0.29, 0.717) is 24.5 Å². The third kappa shape index (κ3) is 6.66. The van der Waals surface area contributed by atoms with Gasteiger partial charge < -0.3 is 10.6 Å². The molecule has 3 rings (SSSR count). The minimum atomic E-state index is -3.36. The number of rotatable bonds is 8. The maximum Gasteiger partial charge on any atom is 0.243 e. The summed E-state index contributed by atoms with van der Waals surface area (Å²) in [6, 6.07) is 11.4. The van der Waals surface area contributed by atoms with E-state index in [1.54, 1.807) is 16.4 Å². The lowest BCUT2D eigenvalue weighted by Gasteiger charge is -2.15. The van der Waals surface area contributed by atoms with E-state index in [-0.39, 0.29) is 24.0 Å². The molecule has 166 valence electrons. The van der Waals surface area contributed by atoms with E-state index in [9.17, 15) is 8.42 Å². The highest BCUT2D eigenvalue weighted by molar-refractivity contribution is 14.0. The molecule has 1 aliphatic heterocycles. The fourth-order valence-corrected chi connectivity index (χ4v) is 5.65. The van der Waals surface area contributed by atoms with Crippen LogP contribution in [-0.2, 0) is 29.5 Å². The first-order valence-electron chi connectivity index (χ1n) is 10.2. The van der Waals surface area contributed by atoms with Gasteiger partial charge in [-0.3, -0.25) is 0 Å². The first-order chi connectivity index (χ1) is 14.0. The van der Waals surface area contributed by atoms with Gasteiger partial charge in [0.2, 0.25) is 10.0 Å². The molecule has 0 unspecified atom stereocenters. The summed E-state index contributed by atoms with van der Waals surface area (Å²) in [5.74, 6) is 0.757. The van der Waals surface area contributed by atoms with Gasteiger partial charge in [-0.2, -0.15) is 4.31 Å². The summed E-state index contributed by atoms with van der Waals surface area (Å²) in [6.45, 7) is 7.45. The van der Waals surface area contributed by atoms with E-state index in [4.69, 9.17) is 0 Å². The second-order valence-corrected chi connectivity index (χ2v) is 10.2. The molecule has 2 heterocycles. The van der Waals surface area contributed by atoms with Crippen LogP contribution < -0.4 is 10.6 Å². The van der Waals surface area contributed by atoms with Crippen molar-refractivity contribution in [1.82, 2.24) is 14.9 Å². The van der Waals surface area contributed by atoms with Gasteiger partial charge in [0, 0.05) is 29.4 Å². The summed E-state index contributed by atoms with van der Waals surface area (Å²) in [4.78, 5) is 7.66. The molecule has 0 spiro atoms. The molecule has 1 aliphatic rings. The van der Waals surface area contributed by atoms with Crippen LogP contribution in [-0.4, -0.2) is 38.3 Å². The number of sulfonamides is 1. The van der Waals surface area contributed by atoms with Crippen LogP contribution in [0.25, 0.3) is 0 Å². The predicted molar refractivity (Wildman–Crippen MR) is 135 cm³/mol. The van der Waals surface area contributed by atoms with Crippen LogP contribution in [0.5, 0.6) is 0 Å². The minimum absolute atomic E-state index is 0. The molecule has 0 saturated carbocycles. The van der Waals surface area contributed by atoms with Crippen LogP contribution >= 0.6 is 35.3 Å². The van der Waals surface area contributed by atoms with Crippen molar-refractivity contribution in [2.75, 3.05) is 19.6 Å². The monoisotopic (exact) mass is 562 g/mol. The van der Waals surface area contributed by atoms with E-state index in [2.05, 4.69) is 34.7 Å². The molecule has 30 heavy (non-hydrogen) atoms. The summed E-state index contributed by atoms with van der Waals surface area (Å²) in [7, 11) is -3.36. The Kier molecular flexibility index (Phi) is 10.1. The average molecular weight is 563 g/mol. The number of halogens is 1. The molecule has 2 aromatic rings. The zero-order chi connectivity index (χ0) is 20.7. The normalized spacial score (nSPS) is 15.1. The van der Waals surface area contributed by atoms with Crippen molar-refractivity contribution in [2.45, 2.75) is 51.1 Å². The Balaban J connectivity index is 0.00000320. The summed E-state index contributed by atoms with van der Waals surface area (Å²) in [6.07, 6.45) is 2.94. The number of nitrogens with one attached hydrogen (secondary N) is 2. The van der Waals surface area contributed by atoms with E-state index < -0.39 is 10.0 Å². The molecular formula is C21H31IN4O2S2. The van der Waals surface area contributed by atoms with E-state index in [1.165, 1.54) is 9.75 Å². The Morgan fingerprint density at radius 1 is 1.03 bits per heavy atom. The van der Waals surface area contributed by atoms with Crippen molar-refractivity contribution in [3.8, 4) is 0 Å². The van der Waals surface area contributed by atoms with Gasteiger partial charge in [-0.15, -0.1) is 35.3 Å². The Bertz CT molecular complexity index is 921. The number of benzene rings is 1. The lowest BCUT2D eigenvalue weighted by Crippen LogP contribution is -2.36. The highest BCUT2D eigenvalue weighted by Crippen LogP contribution is 2.21. The zero-order valence-electron chi connectivity index (χ0n) is 17.6. The highest BCUT2D eigenvalue weighted by Gasteiger charge is 2.26. The van der Waals surface area contributed by atoms with Gasteiger partial charge in [0.15, 0.2) is 5.96 Å². The second kappa shape index (κ2) is 12.0. The number of aryl methyl sites for hydroxylation is 1. The zero-order valence-corrected chi connectivity index (χ0v) is 21.5. The van der Waals surface area contributed by atoms with Crippen molar-refractivity contribution in [2.24, 2.45) is 4.99 Å². The van der Waals surface area contributed by atoms with Gasteiger partial charge in [-0.25, -0.2) is 13.4 Å². The first kappa shape index (κ1) is 25.1. The van der Waals surface area contributed by atoms with Crippen molar-refractivity contribution >= 4 is 51.3 Å². The van der Waals surface area contributed by atoms with Crippen LogP contribution in [0.1, 0.15) is 42.0 Å². The molecule has 0 bridgehead atoms. The second-order valence-electron chi connectivity index (χ2n) is 7.03. The van der Waals surface area contributed by atoms with Crippen molar-refractivity contribution in [3.63, 3.8) is 0 Å². The average Bonchev–Trinajstić information content (AvgIpc) is 3.42. The Morgan fingerprint density at radius 3 is 2.30 bits per heavy atom. The first-order valence-corrected chi connectivity index (χ1v) is 12.5. The SMILES string of the molecule is CCNC(=NCc1ccc(S(=O)(=O)N2CCCC2)cc1)NCc1ccc(CC)s1.I. The maximum absolute atomic E-state index is 12.6. The van der Waals surface area contributed by atoms with Gasteiger partial charge in [0.05, 0.1) is 18.0 Å². The quantitative estimate of drug-likeness (QED) is 0.290. The molecule has 2 N–H and O–H groups in total. The van der Waals surface area contributed by atoms with Crippen LogP contribution in [0, 0.1) is 0 Å². The van der Waals surface area contributed by atoms with Gasteiger partial charge in [0.25, 0.3) is 0 Å². The molecule has 1 saturated heterocycles. The predicted octanol–water partition coefficient (Wildman–Crippen LogP) is 3.97. The molecule has 0 aliphatic carbocycles. The van der Waals surface area contributed by atoms with Gasteiger partial charge in [-0.1, -0.05) is 19.1 Å². The van der Waals surface area contributed by atoms with Crippen LogP contribution in [0.4, 0.5) is 0 Å². The van der Waals surface area contributed by atoms with Crippen molar-refractivity contribution < 1.29 is 8.42 Å². The summed E-state index contributed by atoms with van der Waals surface area (Å²) in [5.41, 5.74) is 0.979. The molecule has 1 aromatic carbocycles. The lowest BCUT2D eigenvalue weighted by molar-refractivity contribution is 0.477. The number of guanidine groups is 1. The molecule has 9 heteroatoms. The maximum atomic E-state index is 12.6. The minimum Gasteiger partial charge on any atom is -0.357 e. The summed E-state index contributed by atoms with van der Waals surface area (Å²) >= 11 is 1.82. The third-order valence-electron chi connectivity index (χ3n) is 4.89. The largest absolute Gasteiger partial charge is 0.357 e. The van der Waals surface area contributed by atoms with Crippen molar-refractivity contribution in [3.05, 3.63) is 51.7 Å². The molecule has 1 aromatic heterocycles. The molecule has 6 nitrogen and oxygen atoms in total. The molecule has 0 atom stereocenters. The number of hydrogen-bond acceptors (Lipinski definition) is 4. The molecule has 1 fully saturated rings. The topological polar surface area (TPSA) is 73.8 Å². The highest BCUT2D eigenvalue weighted by atomic mass is 127. The molecular weight excluding hydrogens is 531 g/mol. The van der Waals surface area contributed by atoms with E-state index in [1.807, 2.05) is 30.4 Å². The Hall–Kier alpha value is -1.17. The Labute approximate surface area is 201 Å². The number of nitrogens with zero attached hydrogens (tertiary/aromatic N) is 2. The third-order valence-corrected chi connectivity index (χ3v) is 8.03. The molecule has 0 radical (unpaired) electrons. The van der Waals surface area contributed by atoms with Gasteiger partial charge >= 0.3 is 0 Å². The van der Waals surface area contributed by atoms with Crippen molar-refractivity contribution in [1.29, 1.82) is 0 Å². The fraction of sp³-hybridized carbons (Fsp3) is 0.476. The van der Waals surface area contributed by atoms with E-state index >= 15 is 0 Å². The lowest BCUT2D eigenvalue weighted by atomic mass is 10.2. The Morgan fingerprint density at radius 2 is 1.70 bits per heavy atom. The standard InChI is InChI=1S/C21H30N4O2S2.HI/c1-3-18-9-10-19(28-18)16-24-21(22-4-2)23-15-17-7-11-20(12-8-17)29(26,27)25-13-5-6-14-25;/h7-12H,3-6,13-16H2,1-2H3,(H2,22,23,24);1H. The summed E-state index contributed by atoms with van der Waals surface area (Å²) in [5, 5.41) is 6.62. The van der Waals surface area contributed by atoms with Gasteiger partial charge in [-0.05, 0) is 56.0 Å². The number of hydrogen-bond donors (Lipinski definition) is 2. The smallest absolute Gasteiger partial charge is 0.243 e.